The molecule has 0 N–H and O–H groups in total. The number of aromatic nitrogens is 1. The largest absolute Gasteiger partial charge is 0.383 e. The first-order valence-corrected chi connectivity index (χ1v) is 9.85. The third-order valence-electron chi connectivity index (χ3n) is 3.30. The standard InChI is InChI=1S/C15H20N2O4S2/c1-10(2)14(18)16-15-17(7-8-21-3)12-6-5-11(23(4,19)20)9-13(12)22-15/h5-6,9-10H,7-8H2,1-4H3. The lowest BCUT2D eigenvalue weighted by Gasteiger charge is -2.05. The van der Waals surface area contributed by atoms with Gasteiger partial charge in [0.25, 0.3) is 5.91 Å². The van der Waals surface area contributed by atoms with Gasteiger partial charge in [-0.2, -0.15) is 4.99 Å². The quantitative estimate of drug-likeness (QED) is 0.819. The van der Waals surface area contributed by atoms with Crippen LogP contribution in [-0.2, 0) is 25.9 Å². The van der Waals surface area contributed by atoms with Gasteiger partial charge >= 0.3 is 0 Å². The van der Waals surface area contributed by atoms with Gasteiger partial charge in [-0.1, -0.05) is 25.2 Å². The number of hydrogen-bond donors (Lipinski definition) is 0. The van der Waals surface area contributed by atoms with Gasteiger partial charge in [0.05, 0.1) is 21.7 Å². The molecule has 1 aromatic heterocycles. The average molecular weight is 356 g/mol. The van der Waals surface area contributed by atoms with Crippen molar-refractivity contribution in [1.82, 2.24) is 4.57 Å². The first-order chi connectivity index (χ1) is 10.7. The molecule has 0 radical (unpaired) electrons. The molecule has 126 valence electrons. The second-order valence-electron chi connectivity index (χ2n) is 5.54. The third-order valence-corrected chi connectivity index (χ3v) is 5.45. The highest BCUT2D eigenvalue weighted by Crippen LogP contribution is 2.22. The maximum absolute atomic E-state index is 11.9. The molecule has 2 aromatic rings. The van der Waals surface area contributed by atoms with Crippen molar-refractivity contribution in [2.45, 2.75) is 25.3 Å². The number of rotatable bonds is 5. The molecule has 0 aliphatic heterocycles. The summed E-state index contributed by atoms with van der Waals surface area (Å²) in [5, 5.41) is 0. The summed E-state index contributed by atoms with van der Waals surface area (Å²) in [6.07, 6.45) is 1.17. The van der Waals surface area contributed by atoms with Crippen molar-refractivity contribution in [2.75, 3.05) is 20.0 Å². The summed E-state index contributed by atoms with van der Waals surface area (Å²) < 4.78 is 31.2. The van der Waals surface area contributed by atoms with Gasteiger partial charge in [0.15, 0.2) is 14.6 Å². The Balaban J connectivity index is 2.67. The van der Waals surface area contributed by atoms with E-state index in [9.17, 15) is 13.2 Å². The minimum absolute atomic E-state index is 0.192. The number of fused-ring (bicyclic) bond motifs is 1. The van der Waals surface area contributed by atoms with Crippen molar-refractivity contribution in [1.29, 1.82) is 0 Å². The Kier molecular flexibility index (Phi) is 5.38. The molecule has 0 aliphatic rings. The molecule has 0 spiro atoms. The van der Waals surface area contributed by atoms with Gasteiger partial charge in [-0.3, -0.25) is 4.79 Å². The zero-order valence-corrected chi connectivity index (χ0v) is 15.2. The molecule has 0 atom stereocenters. The lowest BCUT2D eigenvalue weighted by Crippen LogP contribution is -2.20. The zero-order chi connectivity index (χ0) is 17.2. The molecule has 0 aliphatic carbocycles. The number of benzene rings is 1. The minimum atomic E-state index is -3.28. The maximum Gasteiger partial charge on any atom is 0.250 e. The fourth-order valence-electron chi connectivity index (χ4n) is 1.99. The third kappa shape index (κ3) is 4.07. The Morgan fingerprint density at radius 3 is 2.65 bits per heavy atom. The summed E-state index contributed by atoms with van der Waals surface area (Å²) >= 11 is 1.31. The van der Waals surface area contributed by atoms with Crippen LogP contribution in [0.15, 0.2) is 28.1 Å². The van der Waals surface area contributed by atoms with Crippen LogP contribution in [0.25, 0.3) is 10.2 Å². The van der Waals surface area contributed by atoms with E-state index in [1.54, 1.807) is 39.2 Å². The highest BCUT2D eigenvalue weighted by molar-refractivity contribution is 7.90. The molecule has 2 rings (SSSR count). The van der Waals surface area contributed by atoms with Crippen molar-refractivity contribution < 1.29 is 17.9 Å². The van der Waals surface area contributed by atoms with E-state index >= 15 is 0 Å². The van der Waals surface area contributed by atoms with E-state index < -0.39 is 9.84 Å². The van der Waals surface area contributed by atoms with Crippen molar-refractivity contribution in [3.63, 3.8) is 0 Å². The molecular weight excluding hydrogens is 336 g/mol. The molecule has 1 aromatic carbocycles. The Labute approximate surface area is 139 Å². The minimum Gasteiger partial charge on any atom is -0.383 e. The number of ether oxygens (including phenoxy) is 1. The SMILES string of the molecule is COCCn1c(=NC(=O)C(C)C)sc2cc(S(C)(=O)=O)ccc21. The molecule has 23 heavy (non-hydrogen) atoms. The molecule has 8 heteroatoms. The molecule has 0 saturated heterocycles. The predicted octanol–water partition coefficient (Wildman–Crippen LogP) is 1.84. The Bertz CT molecular complexity index is 892. The second kappa shape index (κ2) is 6.94. The van der Waals surface area contributed by atoms with Crippen molar-refractivity contribution in [3.05, 3.63) is 23.0 Å². The number of carbonyl (C=O) groups is 1. The van der Waals surface area contributed by atoms with Crippen molar-refractivity contribution in [3.8, 4) is 0 Å². The van der Waals surface area contributed by atoms with Crippen LogP contribution in [0, 0.1) is 5.92 Å². The summed E-state index contributed by atoms with van der Waals surface area (Å²) in [5.74, 6) is -0.395. The monoisotopic (exact) mass is 356 g/mol. The lowest BCUT2D eigenvalue weighted by molar-refractivity contribution is -0.120. The molecule has 1 amide bonds. The Hall–Kier alpha value is -1.51. The number of hydrogen-bond acceptors (Lipinski definition) is 5. The summed E-state index contributed by atoms with van der Waals surface area (Å²) in [6.45, 7) is 4.60. The van der Waals surface area contributed by atoms with Gasteiger partial charge in [0.2, 0.25) is 0 Å². The van der Waals surface area contributed by atoms with Crippen LogP contribution in [0.3, 0.4) is 0 Å². The number of nitrogens with zero attached hydrogens (tertiary/aromatic N) is 2. The molecular formula is C15H20N2O4S2. The molecule has 0 bridgehead atoms. The first kappa shape index (κ1) is 17.8. The van der Waals surface area contributed by atoms with Gasteiger partial charge in [-0.05, 0) is 18.2 Å². The van der Waals surface area contributed by atoms with E-state index in [1.807, 2.05) is 4.57 Å². The van der Waals surface area contributed by atoms with Crippen LogP contribution in [0.2, 0.25) is 0 Å². The van der Waals surface area contributed by atoms with Gasteiger partial charge in [0.1, 0.15) is 0 Å². The average Bonchev–Trinajstić information content (AvgIpc) is 2.80. The Morgan fingerprint density at radius 2 is 2.09 bits per heavy atom. The fraction of sp³-hybridized carbons (Fsp3) is 0.467. The topological polar surface area (TPSA) is 77.7 Å². The van der Waals surface area contributed by atoms with Crippen LogP contribution in [0.1, 0.15) is 13.8 Å². The van der Waals surface area contributed by atoms with E-state index in [0.717, 1.165) is 10.2 Å². The van der Waals surface area contributed by atoms with Crippen LogP contribution < -0.4 is 4.80 Å². The van der Waals surface area contributed by atoms with Crippen molar-refractivity contribution in [2.24, 2.45) is 10.9 Å². The molecule has 1 heterocycles. The lowest BCUT2D eigenvalue weighted by atomic mass is 10.2. The first-order valence-electron chi connectivity index (χ1n) is 7.15. The highest BCUT2D eigenvalue weighted by Gasteiger charge is 2.13. The maximum atomic E-state index is 11.9. The van der Waals surface area contributed by atoms with Crippen molar-refractivity contribution >= 4 is 37.3 Å². The van der Waals surface area contributed by atoms with Gasteiger partial charge < -0.3 is 9.30 Å². The van der Waals surface area contributed by atoms with Gasteiger partial charge in [-0.15, -0.1) is 0 Å². The van der Waals surface area contributed by atoms with Gasteiger partial charge in [-0.25, -0.2) is 8.42 Å². The van der Waals surface area contributed by atoms with Gasteiger partial charge in [0, 0.05) is 25.8 Å². The van der Waals surface area contributed by atoms with Crippen LogP contribution in [-0.4, -0.2) is 38.9 Å². The predicted molar refractivity (Wildman–Crippen MR) is 90.2 cm³/mol. The van der Waals surface area contributed by atoms with E-state index in [-0.39, 0.29) is 16.7 Å². The van der Waals surface area contributed by atoms with Crippen LogP contribution in [0.4, 0.5) is 0 Å². The number of methoxy groups -OCH3 is 1. The summed E-state index contributed by atoms with van der Waals surface area (Å²) in [4.78, 5) is 16.9. The molecule has 6 nitrogen and oxygen atoms in total. The second-order valence-corrected chi connectivity index (χ2v) is 8.56. The summed E-state index contributed by atoms with van der Waals surface area (Å²) in [6, 6.07) is 4.94. The fourth-order valence-corrected chi connectivity index (χ4v) is 3.81. The van der Waals surface area contributed by atoms with E-state index in [1.165, 1.54) is 17.6 Å². The molecule has 0 saturated carbocycles. The number of sulfone groups is 1. The Morgan fingerprint density at radius 1 is 1.39 bits per heavy atom. The number of amides is 1. The van der Waals surface area contributed by atoms with Crippen LogP contribution >= 0.6 is 11.3 Å². The molecule has 0 fully saturated rings. The summed E-state index contributed by atoms with van der Waals surface area (Å²) in [7, 11) is -1.67. The molecule has 0 unspecified atom stereocenters. The number of carbonyl (C=O) groups excluding carboxylic acids is 1. The smallest absolute Gasteiger partial charge is 0.250 e. The normalized spacial score (nSPS) is 13.2. The summed E-state index contributed by atoms with van der Waals surface area (Å²) in [5.41, 5.74) is 0.842. The zero-order valence-electron chi connectivity index (χ0n) is 13.6. The van der Waals surface area contributed by atoms with E-state index in [2.05, 4.69) is 4.99 Å². The van der Waals surface area contributed by atoms with Crippen LogP contribution in [0.5, 0.6) is 0 Å². The van der Waals surface area contributed by atoms with E-state index in [4.69, 9.17) is 4.74 Å². The van der Waals surface area contributed by atoms with E-state index in [0.29, 0.717) is 18.0 Å². The highest BCUT2D eigenvalue weighted by atomic mass is 32.2. The number of thiazole rings is 1.